The zero-order valence-corrected chi connectivity index (χ0v) is 10.3. The molecule has 18 heavy (non-hydrogen) atoms. The minimum atomic E-state index is -0.175. The van der Waals surface area contributed by atoms with Crippen LogP contribution in [0.3, 0.4) is 0 Å². The number of nitrogens with one attached hydrogen (secondary N) is 1. The zero-order valence-electron chi connectivity index (χ0n) is 9.56. The molecule has 0 aromatic heterocycles. The number of carbonyl (C=O) groups is 1. The van der Waals surface area contributed by atoms with Gasteiger partial charge >= 0.3 is 0 Å². The van der Waals surface area contributed by atoms with Crippen molar-refractivity contribution >= 4 is 17.5 Å². The predicted octanol–water partition coefficient (Wildman–Crippen LogP) is 2.98. The molecular weight excluding hydrogens is 250 g/mol. The van der Waals surface area contributed by atoms with E-state index in [0.717, 1.165) is 5.56 Å². The summed E-state index contributed by atoms with van der Waals surface area (Å²) in [6.07, 6.45) is 0. The highest BCUT2D eigenvalue weighted by molar-refractivity contribution is 6.30. The Labute approximate surface area is 110 Å². The van der Waals surface area contributed by atoms with E-state index in [1.54, 1.807) is 48.5 Å². The number of carbonyl (C=O) groups excluding carboxylic acids is 1. The normalized spacial score (nSPS) is 10.1. The summed E-state index contributed by atoms with van der Waals surface area (Å²) in [4.78, 5) is 11.8. The van der Waals surface area contributed by atoms with Gasteiger partial charge in [0.1, 0.15) is 5.75 Å². The lowest BCUT2D eigenvalue weighted by molar-refractivity contribution is 0.0951. The molecule has 0 saturated heterocycles. The molecule has 4 heteroatoms. The van der Waals surface area contributed by atoms with Gasteiger partial charge in [-0.15, -0.1) is 0 Å². The molecule has 0 saturated carbocycles. The highest BCUT2D eigenvalue weighted by atomic mass is 35.5. The Morgan fingerprint density at radius 1 is 1.17 bits per heavy atom. The fourth-order valence-electron chi connectivity index (χ4n) is 1.53. The van der Waals surface area contributed by atoms with Crippen LogP contribution in [0.4, 0.5) is 0 Å². The molecule has 0 aliphatic carbocycles. The molecule has 0 aliphatic heterocycles. The number of aromatic hydroxyl groups is 1. The Bertz CT molecular complexity index is 552. The lowest BCUT2D eigenvalue weighted by Crippen LogP contribution is -2.22. The van der Waals surface area contributed by atoms with Crippen molar-refractivity contribution in [3.8, 4) is 5.75 Å². The van der Waals surface area contributed by atoms with Crippen LogP contribution in [0.25, 0.3) is 0 Å². The fraction of sp³-hybridized carbons (Fsp3) is 0.0714. The second-order valence-electron chi connectivity index (χ2n) is 3.86. The summed E-state index contributed by atoms with van der Waals surface area (Å²) in [7, 11) is 0. The molecule has 0 atom stereocenters. The Hall–Kier alpha value is -2.00. The summed E-state index contributed by atoms with van der Waals surface area (Å²) in [5, 5.41) is 12.5. The van der Waals surface area contributed by atoms with E-state index >= 15 is 0 Å². The first-order valence-electron chi connectivity index (χ1n) is 5.47. The van der Waals surface area contributed by atoms with Gasteiger partial charge in [0.05, 0.1) is 0 Å². The van der Waals surface area contributed by atoms with E-state index in [2.05, 4.69) is 5.32 Å². The fourth-order valence-corrected chi connectivity index (χ4v) is 1.72. The second-order valence-corrected chi connectivity index (χ2v) is 4.30. The second kappa shape index (κ2) is 5.56. The smallest absolute Gasteiger partial charge is 0.251 e. The number of rotatable bonds is 3. The molecule has 2 rings (SSSR count). The van der Waals surface area contributed by atoms with Crippen molar-refractivity contribution in [2.75, 3.05) is 0 Å². The monoisotopic (exact) mass is 261 g/mol. The van der Waals surface area contributed by atoms with E-state index in [4.69, 9.17) is 16.7 Å². The number of phenolic OH excluding ortho intramolecular Hbond substituents is 1. The van der Waals surface area contributed by atoms with Crippen LogP contribution in [-0.2, 0) is 6.54 Å². The molecule has 0 aliphatic rings. The van der Waals surface area contributed by atoms with Crippen LogP contribution in [-0.4, -0.2) is 11.0 Å². The molecule has 0 spiro atoms. The van der Waals surface area contributed by atoms with Gasteiger partial charge in [0.15, 0.2) is 0 Å². The van der Waals surface area contributed by atoms with Gasteiger partial charge in [0.25, 0.3) is 5.91 Å². The molecule has 2 aromatic rings. The number of benzene rings is 2. The van der Waals surface area contributed by atoms with Crippen LogP contribution in [0.1, 0.15) is 15.9 Å². The average Bonchev–Trinajstić information content (AvgIpc) is 2.38. The maximum Gasteiger partial charge on any atom is 0.251 e. The topological polar surface area (TPSA) is 49.3 Å². The summed E-state index contributed by atoms with van der Waals surface area (Å²) in [5.74, 6) is 0.0329. The number of hydrogen-bond donors (Lipinski definition) is 2. The summed E-state index contributed by atoms with van der Waals surface area (Å²) in [6.45, 7) is 0.408. The van der Waals surface area contributed by atoms with Crippen LogP contribution >= 0.6 is 11.6 Å². The van der Waals surface area contributed by atoms with Crippen molar-refractivity contribution in [1.82, 2.24) is 5.32 Å². The van der Waals surface area contributed by atoms with E-state index in [1.165, 1.54) is 0 Å². The molecule has 1 amide bonds. The van der Waals surface area contributed by atoms with Gasteiger partial charge in [-0.05, 0) is 35.9 Å². The average molecular weight is 262 g/mol. The Morgan fingerprint density at radius 3 is 2.56 bits per heavy atom. The number of phenols is 1. The highest BCUT2D eigenvalue weighted by Crippen LogP contribution is 2.12. The molecule has 0 unspecified atom stereocenters. The van der Waals surface area contributed by atoms with Gasteiger partial charge < -0.3 is 10.4 Å². The zero-order chi connectivity index (χ0) is 13.0. The summed E-state index contributed by atoms with van der Waals surface area (Å²) in [6, 6.07) is 13.5. The van der Waals surface area contributed by atoms with Gasteiger partial charge in [0.2, 0.25) is 0 Å². The first-order valence-corrected chi connectivity index (χ1v) is 5.84. The molecule has 2 N–H and O–H groups in total. The molecule has 0 heterocycles. The minimum absolute atomic E-state index is 0.175. The standard InChI is InChI=1S/C14H12ClNO2/c15-12-3-1-2-11(8-12)14(18)16-9-10-4-6-13(17)7-5-10/h1-8,17H,9H2,(H,16,18). The first kappa shape index (κ1) is 12.5. The van der Waals surface area contributed by atoms with Gasteiger partial charge in [-0.1, -0.05) is 29.8 Å². The third kappa shape index (κ3) is 3.25. The van der Waals surface area contributed by atoms with E-state index in [0.29, 0.717) is 17.1 Å². The van der Waals surface area contributed by atoms with Crippen molar-refractivity contribution in [3.05, 3.63) is 64.7 Å². The molecule has 0 bridgehead atoms. The third-order valence-electron chi connectivity index (χ3n) is 2.48. The van der Waals surface area contributed by atoms with Crippen LogP contribution < -0.4 is 5.32 Å². The maximum atomic E-state index is 11.8. The maximum absolute atomic E-state index is 11.8. The summed E-state index contributed by atoms with van der Waals surface area (Å²) >= 11 is 5.82. The quantitative estimate of drug-likeness (QED) is 0.892. The van der Waals surface area contributed by atoms with Gasteiger partial charge in [0, 0.05) is 17.1 Å². The van der Waals surface area contributed by atoms with Crippen LogP contribution in [0.5, 0.6) is 5.75 Å². The molecule has 92 valence electrons. The Balaban J connectivity index is 1.98. The Kier molecular flexibility index (Phi) is 3.85. The van der Waals surface area contributed by atoms with E-state index in [1.807, 2.05) is 0 Å². The molecule has 2 aromatic carbocycles. The number of hydrogen-bond acceptors (Lipinski definition) is 2. The third-order valence-corrected chi connectivity index (χ3v) is 2.71. The van der Waals surface area contributed by atoms with Crippen molar-refractivity contribution < 1.29 is 9.90 Å². The van der Waals surface area contributed by atoms with Crippen molar-refractivity contribution in [1.29, 1.82) is 0 Å². The van der Waals surface area contributed by atoms with Crippen molar-refractivity contribution in [2.24, 2.45) is 0 Å². The minimum Gasteiger partial charge on any atom is -0.508 e. The van der Waals surface area contributed by atoms with Gasteiger partial charge in [-0.25, -0.2) is 0 Å². The van der Waals surface area contributed by atoms with Gasteiger partial charge in [-0.2, -0.15) is 0 Å². The molecular formula is C14H12ClNO2. The lowest BCUT2D eigenvalue weighted by atomic mass is 10.2. The molecule has 0 fully saturated rings. The van der Waals surface area contributed by atoms with E-state index in [-0.39, 0.29) is 11.7 Å². The van der Waals surface area contributed by atoms with Gasteiger partial charge in [-0.3, -0.25) is 4.79 Å². The Morgan fingerprint density at radius 2 is 1.89 bits per heavy atom. The first-order chi connectivity index (χ1) is 8.65. The predicted molar refractivity (Wildman–Crippen MR) is 70.7 cm³/mol. The summed E-state index contributed by atoms with van der Waals surface area (Å²) in [5.41, 5.74) is 1.45. The van der Waals surface area contributed by atoms with Crippen molar-refractivity contribution in [3.63, 3.8) is 0 Å². The van der Waals surface area contributed by atoms with E-state index in [9.17, 15) is 4.79 Å². The van der Waals surface area contributed by atoms with Crippen LogP contribution in [0, 0.1) is 0 Å². The van der Waals surface area contributed by atoms with Crippen molar-refractivity contribution in [2.45, 2.75) is 6.54 Å². The summed E-state index contributed by atoms with van der Waals surface area (Å²) < 4.78 is 0. The molecule has 3 nitrogen and oxygen atoms in total. The lowest BCUT2D eigenvalue weighted by Gasteiger charge is -2.05. The molecule has 0 radical (unpaired) electrons. The van der Waals surface area contributed by atoms with E-state index < -0.39 is 0 Å². The highest BCUT2D eigenvalue weighted by Gasteiger charge is 2.05. The SMILES string of the molecule is O=C(NCc1ccc(O)cc1)c1cccc(Cl)c1. The van der Waals surface area contributed by atoms with Crippen LogP contribution in [0.2, 0.25) is 5.02 Å². The number of halogens is 1. The number of amides is 1. The largest absolute Gasteiger partial charge is 0.508 e. The van der Waals surface area contributed by atoms with Crippen LogP contribution in [0.15, 0.2) is 48.5 Å².